The van der Waals surface area contributed by atoms with Crippen LogP contribution < -0.4 is 28.4 Å². The normalized spacial score (nSPS) is 10.0. The second kappa shape index (κ2) is 34.7. The summed E-state index contributed by atoms with van der Waals surface area (Å²) in [5.74, 6) is 4.19. The largest absolute Gasteiger partial charge is 0.495 e. The monoisotopic (exact) mass is 784 g/mol. The highest BCUT2D eigenvalue weighted by Gasteiger charge is 2.05. The number of unbranched alkanes of at least 4 members (excludes halogenated alkanes) is 2. The van der Waals surface area contributed by atoms with Gasteiger partial charge < -0.3 is 47.4 Å². The first-order valence-corrected chi connectivity index (χ1v) is 18.7. The second-order valence-corrected chi connectivity index (χ2v) is 11.7. The molecule has 0 spiro atoms. The van der Waals surface area contributed by atoms with E-state index in [1.165, 1.54) is 11.1 Å². The van der Waals surface area contributed by atoms with E-state index in [-0.39, 0.29) is 0 Å². The van der Waals surface area contributed by atoms with Crippen molar-refractivity contribution >= 4 is 0 Å². The zero-order valence-corrected chi connectivity index (χ0v) is 34.7. The SMILES string of the molecule is COCCCCc1cccnc1OC.COCCCCc1ccncc1OC.COCCCOc1cccnc1OC.COCCCOc1ccncc1OC. The Morgan fingerprint density at radius 3 is 1.46 bits per heavy atom. The van der Waals surface area contributed by atoms with Crippen molar-refractivity contribution in [3.63, 3.8) is 0 Å². The van der Waals surface area contributed by atoms with E-state index in [0.717, 1.165) is 82.0 Å². The molecule has 0 amide bonds. The molecule has 0 aliphatic heterocycles. The van der Waals surface area contributed by atoms with Crippen molar-refractivity contribution in [1.82, 2.24) is 19.9 Å². The van der Waals surface area contributed by atoms with Gasteiger partial charge in [-0.2, -0.15) is 0 Å². The van der Waals surface area contributed by atoms with Gasteiger partial charge in [-0.1, -0.05) is 6.07 Å². The lowest BCUT2D eigenvalue weighted by Gasteiger charge is -2.08. The van der Waals surface area contributed by atoms with Gasteiger partial charge in [0.15, 0.2) is 17.2 Å². The molecule has 0 aliphatic carbocycles. The summed E-state index contributed by atoms with van der Waals surface area (Å²) in [4.78, 5) is 16.1. The Balaban J connectivity index is 0.000000373. The van der Waals surface area contributed by atoms with Crippen LogP contribution in [0.5, 0.6) is 34.8 Å². The summed E-state index contributed by atoms with van der Waals surface area (Å²) in [5.41, 5.74) is 2.39. The Kier molecular flexibility index (Phi) is 30.5. The van der Waals surface area contributed by atoms with Gasteiger partial charge >= 0.3 is 0 Å². The van der Waals surface area contributed by atoms with Crippen LogP contribution >= 0.6 is 0 Å². The summed E-state index contributed by atoms with van der Waals surface area (Å²) in [6.07, 6.45) is 18.4. The standard InChI is InChI=1S/2C11H17NO2.2C10H15NO3/c1-13-9-4-3-6-10-7-5-8-12-11(10)14-2;1-13-8-4-3-5-10-6-7-12-9-11(10)14-2;1-12-6-3-7-14-9-4-5-11-8-10(9)13-2;1-12-7-4-8-14-9-5-3-6-11-10(9)13-2/h5,7-8H,3-4,6,9H2,1-2H3;6-7,9H,3-5,8H2,1-2H3;4-5,8H,3,6-7H2,1-2H3;3,5-6H,4,7-8H2,1-2H3. The summed E-state index contributed by atoms with van der Waals surface area (Å²) in [7, 11) is 13.3. The van der Waals surface area contributed by atoms with E-state index in [1.54, 1.807) is 100 Å². The topological polar surface area (TPSA) is 144 Å². The van der Waals surface area contributed by atoms with Crippen molar-refractivity contribution < 1.29 is 47.4 Å². The molecule has 0 bridgehead atoms. The minimum atomic E-state index is 0.518. The number of nitrogens with zero attached hydrogens (tertiary/aromatic N) is 4. The van der Waals surface area contributed by atoms with E-state index < -0.39 is 0 Å². The lowest BCUT2D eigenvalue weighted by atomic mass is 10.1. The van der Waals surface area contributed by atoms with Crippen molar-refractivity contribution in [2.24, 2.45) is 0 Å². The van der Waals surface area contributed by atoms with Crippen LogP contribution in [0.2, 0.25) is 0 Å². The Morgan fingerprint density at radius 2 is 0.893 bits per heavy atom. The fourth-order valence-corrected chi connectivity index (χ4v) is 4.77. The lowest BCUT2D eigenvalue weighted by molar-refractivity contribution is 0.170. The van der Waals surface area contributed by atoms with Crippen LogP contribution in [-0.2, 0) is 31.8 Å². The number of hydrogen-bond donors (Lipinski definition) is 0. The molecule has 0 saturated heterocycles. The smallest absolute Gasteiger partial charge is 0.256 e. The maximum atomic E-state index is 5.49. The van der Waals surface area contributed by atoms with Crippen molar-refractivity contribution in [3.05, 3.63) is 84.7 Å². The summed E-state index contributed by atoms with van der Waals surface area (Å²) in [6, 6.07) is 11.4. The number of methoxy groups -OCH3 is 8. The van der Waals surface area contributed by atoms with Gasteiger partial charge in [0.1, 0.15) is 5.75 Å². The molecule has 0 radical (unpaired) electrons. The van der Waals surface area contributed by atoms with E-state index in [9.17, 15) is 0 Å². The highest BCUT2D eigenvalue weighted by Crippen LogP contribution is 2.25. The Labute approximate surface area is 334 Å². The summed E-state index contributed by atoms with van der Waals surface area (Å²) >= 11 is 0. The first kappa shape index (κ1) is 49.3. The summed E-state index contributed by atoms with van der Waals surface area (Å²) < 4.78 is 51.2. The van der Waals surface area contributed by atoms with E-state index in [2.05, 4.69) is 26.0 Å². The third kappa shape index (κ3) is 22.6. The molecule has 4 heterocycles. The average Bonchev–Trinajstić information content (AvgIpc) is 3.25. The maximum absolute atomic E-state index is 5.49. The van der Waals surface area contributed by atoms with Crippen molar-refractivity contribution in [2.45, 2.75) is 51.4 Å². The van der Waals surface area contributed by atoms with Gasteiger partial charge in [-0.3, -0.25) is 9.97 Å². The van der Waals surface area contributed by atoms with E-state index >= 15 is 0 Å². The lowest BCUT2D eigenvalue weighted by Crippen LogP contribution is -2.03. The van der Waals surface area contributed by atoms with Crippen LogP contribution in [0.4, 0.5) is 0 Å². The molecule has 0 fully saturated rings. The van der Waals surface area contributed by atoms with Crippen LogP contribution in [0.15, 0.2) is 73.6 Å². The molecule has 0 aromatic carbocycles. The van der Waals surface area contributed by atoms with Gasteiger partial charge in [0.05, 0.1) is 54.0 Å². The fourth-order valence-electron chi connectivity index (χ4n) is 4.77. The molecule has 14 nitrogen and oxygen atoms in total. The molecule has 312 valence electrons. The molecule has 0 aliphatic rings. The molecule has 0 unspecified atom stereocenters. The number of hydrogen-bond acceptors (Lipinski definition) is 14. The van der Waals surface area contributed by atoms with E-state index in [0.29, 0.717) is 43.8 Å². The van der Waals surface area contributed by atoms with Crippen LogP contribution in [0.25, 0.3) is 0 Å². The second-order valence-electron chi connectivity index (χ2n) is 11.7. The van der Waals surface area contributed by atoms with Crippen LogP contribution in [0.3, 0.4) is 0 Å². The number of aromatic nitrogens is 4. The highest BCUT2D eigenvalue weighted by atomic mass is 16.5. The van der Waals surface area contributed by atoms with E-state index in [1.807, 2.05) is 24.3 Å². The maximum Gasteiger partial charge on any atom is 0.256 e. The molecular weight excluding hydrogens is 720 g/mol. The molecule has 56 heavy (non-hydrogen) atoms. The predicted octanol–water partition coefficient (Wildman–Crippen LogP) is 7.13. The average molecular weight is 785 g/mol. The van der Waals surface area contributed by atoms with Gasteiger partial charge in [-0.05, 0) is 68.4 Å². The molecule has 4 aromatic rings. The molecule has 0 atom stereocenters. The van der Waals surface area contributed by atoms with Crippen LogP contribution in [0, 0.1) is 0 Å². The minimum Gasteiger partial charge on any atom is -0.495 e. The number of ether oxygens (including phenoxy) is 10. The van der Waals surface area contributed by atoms with Crippen molar-refractivity contribution in [1.29, 1.82) is 0 Å². The van der Waals surface area contributed by atoms with Gasteiger partial charge in [-0.15, -0.1) is 0 Å². The molecule has 0 N–H and O–H groups in total. The van der Waals surface area contributed by atoms with Gasteiger partial charge in [-0.25, -0.2) is 9.97 Å². The molecule has 4 rings (SSSR count). The van der Waals surface area contributed by atoms with Crippen molar-refractivity contribution in [3.8, 4) is 34.8 Å². The molecular formula is C42H64N4O10. The van der Waals surface area contributed by atoms with Crippen LogP contribution in [-0.4, -0.2) is 116 Å². The summed E-state index contributed by atoms with van der Waals surface area (Å²) in [5, 5.41) is 0. The molecule has 14 heteroatoms. The Bertz CT molecular complexity index is 1280. The first-order chi connectivity index (χ1) is 27.5. The predicted molar refractivity (Wildman–Crippen MR) is 217 cm³/mol. The zero-order valence-electron chi connectivity index (χ0n) is 34.7. The zero-order chi connectivity index (χ0) is 40.9. The highest BCUT2D eigenvalue weighted by molar-refractivity contribution is 5.36. The Hall–Kier alpha value is -4.76. The quantitative estimate of drug-likeness (QED) is 0.0665. The van der Waals surface area contributed by atoms with Gasteiger partial charge in [0, 0.05) is 104 Å². The number of pyridine rings is 4. The van der Waals surface area contributed by atoms with E-state index in [4.69, 9.17) is 47.4 Å². The summed E-state index contributed by atoms with van der Waals surface area (Å²) in [6.45, 7) is 4.27. The minimum absolute atomic E-state index is 0.518. The number of aryl methyl sites for hydroxylation is 2. The Morgan fingerprint density at radius 1 is 0.393 bits per heavy atom. The van der Waals surface area contributed by atoms with Gasteiger partial charge in [0.25, 0.3) is 5.88 Å². The van der Waals surface area contributed by atoms with Gasteiger partial charge in [0.2, 0.25) is 5.88 Å². The molecule has 0 saturated carbocycles. The fraction of sp³-hybridized carbons (Fsp3) is 0.524. The number of rotatable bonds is 24. The first-order valence-electron chi connectivity index (χ1n) is 18.7. The molecule has 4 aromatic heterocycles. The third-order valence-electron chi connectivity index (χ3n) is 7.62. The third-order valence-corrected chi connectivity index (χ3v) is 7.62. The van der Waals surface area contributed by atoms with Crippen molar-refractivity contribution in [2.75, 3.05) is 96.5 Å². The van der Waals surface area contributed by atoms with Crippen LogP contribution in [0.1, 0.15) is 49.7 Å².